The maximum atomic E-state index is 12.1. The van der Waals surface area contributed by atoms with Crippen molar-refractivity contribution in [2.24, 2.45) is 5.41 Å². The van der Waals surface area contributed by atoms with Gasteiger partial charge in [0.1, 0.15) is 0 Å². The number of aromatic nitrogens is 1. The number of methoxy groups -OCH3 is 1. The zero-order valence-electron chi connectivity index (χ0n) is 24.3. The third-order valence-electron chi connectivity index (χ3n) is 8.24. The maximum Gasteiger partial charge on any atom is 0.306 e. The number of halogens is 1. The molecule has 1 aliphatic rings. The predicted molar refractivity (Wildman–Crippen MR) is 176 cm³/mol. The molecular formula is C36H38ClNO3S. The van der Waals surface area contributed by atoms with Gasteiger partial charge in [-0.15, -0.1) is 0 Å². The molecule has 0 amide bonds. The largest absolute Gasteiger partial charge is 0.469 e. The Morgan fingerprint density at radius 3 is 2.67 bits per heavy atom. The number of fused-ring (bicyclic) bond motifs is 1. The van der Waals surface area contributed by atoms with Gasteiger partial charge in [0.25, 0.3) is 0 Å². The minimum Gasteiger partial charge on any atom is -0.469 e. The molecule has 3 aromatic carbocycles. The highest BCUT2D eigenvalue weighted by Gasteiger charge is 2.45. The first-order valence-corrected chi connectivity index (χ1v) is 16.0. The number of hydrogen-bond donors (Lipinski definition) is 1. The fraction of sp³-hybridized carbons (Fsp3) is 0.333. The minimum atomic E-state index is -0.117. The van der Waals surface area contributed by atoms with E-state index in [9.17, 15) is 9.90 Å². The number of hydrogen-bond acceptors (Lipinski definition) is 5. The van der Waals surface area contributed by atoms with Crippen LogP contribution in [0, 0.1) is 5.41 Å². The molecule has 0 aliphatic heterocycles. The second-order valence-corrected chi connectivity index (χ2v) is 13.1. The molecule has 2 atom stereocenters. The van der Waals surface area contributed by atoms with Crippen LogP contribution in [0.3, 0.4) is 0 Å². The van der Waals surface area contributed by atoms with Crippen molar-refractivity contribution in [1.29, 1.82) is 0 Å². The number of aliphatic hydroxyl groups is 1. The lowest BCUT2D eigenvalue weighted by Crippen LogP contribution is -2.14. The first-order valence-electron chi connectivity index (χ1n) is 14.6. The molecule has 4 aromatic rings. The van der Waals surface area contributed by atoms with Gasteiger partial charge in [0, 0.05) is 33.9 Å². The molecule has 1 fully saturated rings. The number of carbonyl (C=O) groups is 1. The zero-order valence-corrected chi connectivity index (χ0v) is 25.8. The summed E-state index contributed by atoms with van der Waals surface area (Å²) in [4.78, 5) is 16.8. The molecule has 1 saturated carbocycles. The average Bonchev–Trinajstić information content (AvgIpc) is 3.78. The van der Waals surface area contributed by atoms with E-state index in [1.807, 2.05) is 42.1 Å². The number of benzene rings is 3. The molecule has 1 unspecified atom stereocenters. The monoisotopic (exact) mass is 599 g/mol. The fourth-order valence-corrected chi connectivity index (χ4v) is 7.16. The SMILES string of the molecule is COC(=O)CC1(CS[C@H](CCc2ccccc2C(C)CO)c2cccc(C=Cc3ccc4ccc(Cl)cc4n3)c2)CC1. The predicted octanol–water partition coefficient (Wildman–Crippen LogP) is 8.90. The van der Waals surface area contributed by atoms with E-state index in [2.05, 4.69) is 67.6 Å². The lowest BCUT2D eigenvalue weighted by atomic mass is 9.92. The van der Waals surface area contributed by atoms with Crippen molar-refractivity contribution in [3.8, 4) is 0 Å². The molecule has 1 aliphatic carbocycles. The van der Waals surface area contributed by atoms with E-state index in [1.54, 1.807) is 0 Å². The Morgan fingerprint density at radius 1 is 1.07 bits per heavy atom. The van der Waals surface area contributed by atoms with Crippen molar-refractivity contribution in [3.05, 3.63) is 112 Å². The summed E-state index contributed by atoms with van der Waals surface area (Å²) in [5.41, 5.74) is 6.73. The van der Waals surface area contributed by atoms with Crippen LogP contribution in [0.2, 0.25) is 5.02 Å². The van der Waals surface area contributed by atoms with Crippen LogP contribution < -0.4 is 0 Å². The molecule has 218 valence electrons. The van der Waals surface area contributed by atoms with Crippen LogP contribution in [-0.4, -0.2) is 35.5 Å². The Labute approximate surface area is 258 Å². The van der Waals surface area contributed by atoms with Crippen LogP contribution in [0.1, 0.15) is 71.7 Å². The van der Waals surface area contributed by atoms with Crippen molar-refractivity contribution in [3.63, 3.8) is 0 Å². The van der Waals surface area contributed by atoms with E-state index in [0.29, 0.717) is 11.4 Å². The number of aliphatic hydroxyl groups excluding tert-OH is 1. The summed E-state index contributed by atoms with van der Waals surface area (Å²) in [5.74, 6) is 0.925. The van der Waals surface area contributed by atoms with Gasteiger partial charge in [-0.25, -0.2) is 4.98 Å². The third kappa shape index (κ3) is 7.83. The Morgan fingerprint density at radius 2 is 1.88 bits per heavy atom. The Balaban J connectivity index is 1.36. The smallest absolute Gasteiger partial charge is 0.306 e. The summed E-state index contributed by atoms with van der Waals surface area (Å²) < 4.78 is 4.99. The van der Waals surface area contributed by atoms with Crippen LogP contribution in [0.4, 0.5) is 0 Å². The number of carbonyl (C=O) groups excluding carboxylic acids is 1. The second-order valence-electron chi connectivity index (χ2n) is 11.5. The standard InChI is InChI=1S/C36H38ClNO3S/c1-25(23-39)32-9-4-3-7-27(32)13-17-34(42-24-36(18-19-36)22-35(40)41-2)29-8-5-6-26(20-29)10-15-31-16-12-28-11-14-30(37)21-33(28)38-31/h3-12,14-16,20-21,25,34,39H,13,17-19,22-24H2,1-2H3/t25?,34-/m1/s1. The Hall–Kier alpha value is -3.12. The van der Waals surface area contributed by atoms with Gasteiger partial charge in [-0.05, 0) is 77.6 Å². The molecular weight excluding hydrogens is 562 g/mol. The van der Waals surface area contributed by atoms with Crippen molar-refractivity contribution < 1.29 is 14.6 Å². The number of pyridine rings is 1. The second kappa shape index (κ2) is 13.9. The first kappa shape index (κ1) is 30.3. The summed E-state index contributed by atoms with van der Waals surface area (Å²) in [5, 5.41) is 11.8. The molecule has 1 N–H and O–H groups in total. The van der Waals surface area contributed by atoms with Gasteiger partial charge in [0.05, 0.1) is 24.7 Å². The Kier molecular flexibility index (Phi) is 10.0. The van der Waals surface area contributed by atoms with Gasteiger partial charge in [-0.3, -0.25) is 4.79 Å². The van der Waals surface area contributed by atoms with E-state index in [1.165, 1.54) is 23.8 Å². The van der Waals surface area contributed by atoms with Crippen molar-refractivity contribution in [1.82, 2.24) is 4.98 Å². The topological polar surface area (TPSA) is 59.4 Å². The van der Waals surface area contributed by atoms with Crippen LogP contribution in [0.15, 0.2) is 78.9 Å². The highest BCUT2D eigenvalue weighted by atomic mass is 35.5. The molecule has 0 saturated heterocycles. The molecule has 0 bridgehead atoms. The summed E-state index contributed by atoms with van der Waals surface area (Å²) in [6.45, 7) is 2.21. The summed E-state index contributed by atoms with van der Waals surface area (Å²) >= 11 is 8.14. The summed E-state index contributed by atoms with van der Waals surface area (Å²) in [6, 6.07) is 27.0. The van der Waals surface area contributed by atoms with E-state index in [4.69, 9.17) is 21.3 Å². The Bertz CT molecular complexity index is 1560. The normalized spacial score (nSPS) is 15.5. The van der Waals surface area contributed by atoms with E-state index < -0.39 is 0 Å². The third-order valence-corrected chi connectivity index (χ3v) is 10.2. The van der Waals surface area contributed by atoms with Gasteiger partial charge in [0.15, 0.2) is 0 Å². The number of esters is 1. The highest BCUT2D eigenvalue weighted by Crippen LogP contribution is 2.53. The van der Waals surface area contributed by atoms with Gasteiger partial charge in [0.2, 0.25) is 0 Å². The molecule has 6 heteroatoms. The fourth-order valence-electron chi connectivity index (χ4n) is 5.42. The van der Waals surface area contributed by atoms with E-state index >= 15 is 0 Å². The molecule has 1 aromatic heterocycles. The molecule has 5 rings (SSSR count). The van der Waals surface area contributed by atoms with Crippen molar-refractivity contribution in [2.45, 2.75) is 50.2 Å². The lowest BCUT2D eigenvalue weighted by Gasteiger charge is -2.22. The first-order chi connectivity index (χ1) is 20.4. The molecule has 0 spiro atoms. The zero-order chi connectivity index (χ0) is 29.5. The number of rotatable bonds is 13. The number of ether oxygens (including phenoxy) is 1. The quantitative estimate of drug-likeness (QED) is 0.155. The van der Waals surface area contributed by atoms with E-state index in [-0.39, 0.29) is 29.2 Å². The van der Waals surface area contributed by atoms with Crippen LogP contribution in [0.5, 0.6) is 0 Å². The summed E-state index contributed by atoms with van der Waals surface area (Å²) in [7, 11) is 1.47. The molecule has 42 heavy (non-hydrogen) atoms. The van der Waals surface area contributed by atoms with Crippen LogP contribution >= 0.6 is 23.4 Å². The molecule has 0 radical (unpaired) electrons. The minimum absolute atomic E-state index is 0.0570. The van der Waals surface area contributed by atoms with Crippen molar-refractivity contribution in [2.75, 3.05) is 19.5 Å². The van der Waals surface area contributed by atoms with Gasteiger partial charge >= 0.3 is 5.97 Å². The maximum absolute atomic E-state index is 12.1. The number of aryl methyl sites for hydroxylation is 1. The van der Waals surface area contributed by atoms with Gasteiger partial charge in [-0.2, -0.15) is 11.8 Å². The van der Waals surface area contributed by atoms with Crippen LogP contribution in [0.25, 0.3) is 23.1 Å². The highest BCUT2D eigenvalue weighted by molar-refractivity contribution is 7.99. The van der Waals surface area contributed by atoms with Crippen LogP contribution in [-0.2, 0) is 16.0 Å². The van der Waals surface area contributed by atoms with Gasteiger partial charge < -0.3 is 9.84 Å². The van der Waals surface area contributed by atoms with Crippen molar-refractivity contribution >= 4 is 52.4 Å². The number of thioether (sulfide) groups is 1. The lowest BCUT2D eigenvalue weighted by molar-refractivity contribution is -0.141. The van der Waals surface area contributed by atoms with E-state index in [0.717, 1.165) is 53.6 Å². The molecule has 4 nitrogen and oxygen atoms in total. The number of nitrogens with zero attached hydrogens (tertiary/aromatic N) is 1. The molecule has 1 heterocycles. The summed E-state index contributed by atoms with van der Waals surface area (Å²) in [6.07, 6.45) is 8.69. The average molecular weight is 600 g/mol. The van der Waals surface area contributed by atoms with Gasteiger partial charge in [-0.1, -0.05) is 85.3 Å².